The molecule has 3 heteroatoms. The summed E-state index contributed by atoms with van der Waals surface area (Å²) < 4.78 is 20.3. The Bertz CT molecular complexity index is 639. The van der Waals surface area contributed by atoms with Crippen LogP contribution in [0.1, 0.15) is 11.1 Å². The summed E-state index contributed by atoms with van der Waals surface area (Å²) >= 11 is 0. The molecule has 1 N–H and O–H groups in total. The van der Waals surface area contributed by atoms with E-state index in [-0.39, 0.29) is 11.9 Å². The molecule has 2 nitrogen and oxygen atoms in total. The van der Waals surface area contributed by atoms with Crippen molar-refractivity contribution < 1.29 is 9.13 Å². The summed E-state index contributed by atoms with van der Waals surface area (Å²) in [5.41, 5.74) is 3.65. The summed E-state index contributed by atoms with van der Waals surface area (Å²) in [6.45, 7) is 2.76. The van der Waals surface area contributed by atoms with E-state index in [0.717, 1.165) is 29.7 Å². The van der Waals surface area contributed by atoms with Gasteiger partial charge < -0.3 is 10.1 Å². The van der Waals surface area contributed by atoms with Crippen molar-refractivity contribution in [2.24, 2.45) is 0 Å². The maximum Gasteiger partial charge on any atom is 0.134 e. The maximum absolute atomic E-state index is 14.3. The van der Waals surface area contributed by atoms with E-state index in [1.54, 1.807) is 6.07 Å². The third kappa shape index (κ3) is 2.18. The minimum Gasteiger partial charge on any atom is -0.488 e. The summed E-state index contributed by atoms with van der Waals surface area (Å²) in [6.07, 6.45) is 0.912. The number of likely N-dealkylation sites (N-methyl/N-ethyl adjacent to an activating group) is 1. The number of ether oxygens (including phenoxy) is 1. The standard InChI is InChI=1S/C17H18FNO/c1-11-5-3-4-6-14(11)16-15(18)8-7-12-9-13(10-19-2)20-17(12)16/h3-8,13,19H,9-10H2,1-2H3. The third-order valence-corrected chi connectivity index (χ3v) is 3.77. The van der Waals surface area contributed by atoms with Gasteiger partial charge in [-0.25, -0.2) is 4.39 Å². The highest BCUT2D eigenvalue weighted by molar-refractivity contribution is 5.76. The zero-order valence-electron chi connectivity index (χ0n) is 11.7. The van der Waals surface area contributed by atoms with Gasteiger partial charge in [-0.2, -0.15) is 0 Å². The van der Waals surface area contributed by atoms with Crippen molar-refractivity contribution in [2.45, 2.75) is 19.4 Å². The van der Waals surface area contributed by atoms with Crippen LogP contribution in [0.4, 0.5) is 4.39 Å². The van der Waals surface area contributed by atoms with Crippen LogP contribution in [-0.2, 0) is 6.42 Å². The molecule has 2 aromatic carbocycles. The number of fused-ring (bicyclic) bond motifs is 1. The average molecular weight is 271 g/mol. The number of hydrogen-bond acceptors (Lipinski definition) is 2. The fourth-order valence-corrected chi connectivity index (χ4v) is 2.80. The molecule has 0 saturated heterocycles. The number of nitrogens with one attached hydrogen (secondary N) is 1. The zero-order chi connectivity index (χ0) is 14.1. The highest BCUT2D eigenvalue weighted by Gasteiger charge is 2.27. The van der Waals surface area contributed by atoms with Crippen LogP contribution in [0.2, 0.25) is 0 Å². The minimum absolute atomic E-state index is 0.0829. The Morgan fingerprint density at radius 2 is 2.05 bits per heavy atom. The van der Waals surface area contributed by atoms with Crippen molar-refractivity contribution in [1.82, 2.24) is 5.32 Å². The van der Waals surface area contributed by atoms with Gasteiger partial charge in [0.25, 0.3) is 0 Å². The van der Waals surface area contributed by atoms with Gasteiger partial charge in [0.05, 0.1) is 5.56 Å². The lowest BCUT2D eigenvalue weighted by Gasteiger charge is -2.14. The van der Waals surface area contributed by atoms with Crippen LogP contribution >= 0.6 is 0 Å². The van der Waals surface area contributed by atoms with E-state index in [1.807, 2.05) is 44.3 Å². The Morgan fingerprint density at radius 3 is 2.80 bits per heavy atom. The molecule has 1 heterocycles. The van der Waals surface area contributed by atoms with Gasteiger partial charge >= 0.3 is 0 Å². The van der Waals surface area contributed by atoms with Gasteiger partial charge in [0.1, 0.15) is 17.7 Å². The minimum atomic E-state index is -0.219. The van der Waals surface area contributed by atoms with Gasteiger partial charge in [-0.1, -0.05) is 30.3 Å². The van der Waals surface area contributed by atoms with Gasteiger partial charge in [-0.05, 0) is 36.7 Å². The van der Waals surface area contributed by atoms with E-state index in [4.69, 9.17) is 4.74 Å². The highest BCUT2D eigenvalue weighted by atomic mass is 19.1. The Labute approximate surface area is 118 Å². The maximum atomic E-state index is 14.3. The van der Waals surface area contributed by atoms with Crippen LogP contribution in [0.25, 0.3) is 11.1 Å². The second kappa shape index (κ2) is 5.25. The number of aryl methyl sites for hydroxylation is 1. The topological polar surface area (TPSA) is 21.3 Å². The van der Waals surface area contributed by atoms with Gasteiger partial charge in [0, 0.05) is 13.0 Å². The monoisotopic (exact) mass is 271 g/mol. The van der Waals surface area contributed by atoms with E-state index in [2.05, 4.69) is 5.32 Å². The summed E-state index contributed by atoms with van der Waals surface area (Å²) in [6, 6.07) is 11.2. The molecule has 1 atom stereocenters. The first kappa shape index (κ1) is 13.1. The van der Waals surface area contributed by atoms with Gasteiger partial charge in [0.2, 0.25) is 0 Å². The molecule has 0 amide bonds. The first-order chi connectivity index (χ1) is 9.70. The summed E-state index contributed by atoms with van der Waals surface area (Å²) in [4.78, 5) is 0. The van der Waals surface area contributed by atoms with Crippen molar-refractivity contribution in [2.75, 3.05) is 13.6 Å². The SMILES string of the molecule is CNCC1Cc2ccc(F)c(-c3ccccc3C)c2O1. The van der Waals surface area contributed by atoms with Crippen molar-refractivity contribution in [1.29, 1.82) is 0 Å². The molecule has 104 valence electrons. The second-order valence-corrected chi connectivity index (χ2v) is 5.23. The molecular formula is C17H18FNO. The molecule has 1 aliphatic heterocycles. The van der Waals surface area contributed by atoms with Crippen molar-refractivity contribution >= 4 is 0 Å². The molecular weight excluding hydrogens is 253 g/mol. The smallest absolute Gasteiger partial charge is 0.134 e. The second-order valence-electron chi connectivity index (χ2n) is 5.23. The quantitative estimate of drug-likeness (QED) is 0.924. The third-order valence-electron chi connectivity index (χ3n) is 3.77. The number of hydrogen-bond donors (Lipinski definition) is 1. The summed E-state index contributed by atoms with van der Waals surface area (Å²) in [7, 11) is 1.90. The predicted molar refractivity (Wildman–Crippen MR) is 78.6 cm³/mol. The first-order valence-corrected chi connectivity index (χ1v) is 6.89. The lowest BCUT2D eigenvalue weighted by molar-refractivity contribution is 0.231. The lowest BCUT2D eigenvalue weighted by Crippen LogP contribution is -2.27. The molecule has 0 spiro atoms. The van der Waals surface area contributed by atoms with E-state index >= 15 is 0 Å². The van der Waals surface area contributed by atoms with Gasteiger partial charge in [-0.3, -0.25) is 0 Å². The molecule has 0 fully saturated rings. The fourth-order valence-electron chi connectivity index (χ4n) is 2.80. The molecule has 1 aliphatic rings. The van der Waals surface area contributed by atoms with Crippen LogP contribution in [0.15, 0.2) is 36.4 Å². The molecule has 0 saturated carbocycles. The molecule has 0 bridgehead atoms. The molecule has 2 aromatic rings. The van der Waals surface area contributed by atoms with Crippen molar-refractivity contribution in [3.8, 4) is 16.9 Å². The lowest BCUT2D eigenvalue weighted by atomic mass is 9.96. The van der Waals surface area contributed by atoms with Crippen molar-refractivity contribution in [3.05, 3.63) is 53.3 Å². The first-order valence-electron chi connectivity index (χ1n) is 6.89. The van der Waals surface area contributed by atoms with Crippen LogP contribution in [0, 0.1) is 12.7 Å². The highest BCUT2D eigenvalue weighted by Crippen LogP contribution is 2.41. The van der Waals surface area contributed by atoms with Crippen LogP contribution in [0.3, 0.4) is 0 Å². The Morgan fingerprint density at radius 1 is 1.25 bits per heavy atom. The van der Waals surface area contributed by atoms with E-state index in [0.29, 0.717) is 11.3 Å². The number of rotatable bonds is 3. The Balaban J connectivity index is 2.10. The zero-order valence-corrected chi connectivity index (χ0v) is 11.7. The molecule has 0 aromatic heterocycles. The molecule has 3 rings (SSSR count). The normalized spacial score (nSPS) is 16.9. The molecule has 0 aliphatic carbocycles. The van der Waals surface area contributed by atoms with Crippen LogP contribution in [-0.4, -0.2) is 19.7 Å². The predicted octanol–water partition coefficient (Wildman–Crippen LogP) is 3.32. The Hall–Kier alpha value is -1.87. The van der Waals surface area contributed by atoms with Crippen molar-refractivity contribution in [3.63, 3.8) is 0 Å². The molecule has 0 radical (unpaired) electrons. The van der Waals surface area contributed by atoms with Crippen LogP contribution in [0.5, 0.6) is 5.75 Å². The number of benzene rings is 2. The fraction of sp³-hybridized carbons (Fsp3) is 0.294. The van der Waals surface area contributed by atoms with Gasteiger partial charge in [-0.15, -0.1) is 0 Å². The summed E-state index contributed by atoms with van der Waals surface area (Å²) in [5, 5.41) is 3.11. The Kier molecular flexibility index (Phi) is 3.45. The van der Waals surface area contributed by atoms with Crippen LogP contribution < -0.4 is 10.1 Å². The largest absolute Gasteiger partial charge is 0.488 e. The number of halogens is 1. The van der Waals surface area contributed by atoms with E-state index < -0.39 is 0 Å². The van der Waals surface area contributed by atoms with E-state index in [9.17, 15) is 4.39 Å². The summed E-state index contributed by atoms with van der Waals surface area (Å²) in [5.74, 6) is 0.489. The van der Waals surface area contributed by atoms with Gasteiger partial charge in [0.15, 0.2) is 0 Å². The molecule has 20 heavy (non-hydrogen) atoms. The average Bonchev–Trinajstić information content (AvgIpc) is 2.83. The van der Waals surface area contributed by atoms with E-state index in [1.165, 1.54) is 0 Å². The molecule has 1 unspecified atom stereocenters.